The van der Waals surface area contributed by atoms with Crippen molar-refractivity contribution in [2.24, 2.45) is 5.41 Å². The number of benzene rings is 1. The standard InChI is InChI=1S/C17H18ClFN2O2/c18-13-9-12(3-4-14(13)19)15-10-21(7-8-23-15)16(22)17(11-20)5-1-2-6-17/h3-4,9,15H,1-2,5-8,10H2/t15-/m0/s1. The Kier molecular flexibility index (Phi) is 4.56. The number of morpholine rings is 1. The molecule has 1 aromatic rings. The molecule has 1 aliphatic carbocycles. The molecule has 1 saturated heterocycles. The number of halogens is 2. The Labute approximate surface area is 139 Å². The minimum absolute atomic E-state index is 0.0406. The van der Waals surface area contributed by atoms with Gasteiger partial charge in [0, 0.05) is 6.54 Å². The molecule has 2 aliphatic rings. The van der Waals surface area contributed by atoms with Gasteiger partial charge in [-0.3, -0.25) is 4.79 Å². The minimum atomic E-state index is -0.873. The van der Waals surface area contributed by atoms with Crippen molar-refractivity contribution in [3.63, 3.8) is 0 Å². The van der Waals surface area contributed by atoms with Gasteiger partial charge in [-0.25, -0.2) is 4.39 Å². The molecule has 3 rings (SSSR count). The molecule has 4 nitrogen and oxygen atoms in total. The van der Waals surface area contributed by atoms with Crippen molar-refractivity contribution in [2.75, 3.05) is 19.7 Å². The van der Waals surface area contributed by atoms with E-state index in [9.17, 15) is 14.4 Å². The predicted molar refractivity (Wildman–Crippen MR) is 83.2 cm³/mol. The average molecular weight is 337 g/mol. The average Bonchev–Trinajstić information content (AvgIpc) is 3.07. The van der Waals surface area contributed by atoms with Crippen LogP contribution in [-0.4, -0.2) is 30.5 Å². The van der Waals surface area contributed by atoms with Crippen molar-refractivity contribution in [3.05, 3.63) is 34.6 Å². The summed E-state index contributed by atoms with van der Waals surface area (Å²) in [6.07, 6.45) is 2.75. The van der Waals surface area contributed by atoms with Gasteiger partial charge in [0.1, 0.15) is 17.3 Å². The van der Waals surface area contributed by atoms with Gasteiger partial charge >= 0.3 is 0 Å². The number of nitrogens with zero attached hydrogens (tertiary/aromatic N) is 2. The molecule has 2 fully saturated rings. The molecular formula is C17H18ClFN2O2. The van der Waals surface area contributed by atoms with Crippen LogP contribution in [0.5, 0.6) is 0 Å². The van der Waals surface area contributed by atoms with Gasteiger partial charge in [0.05, 0.1) is 24.2 Å². The van der Waals surface area contributed by atoms with Crippen LogP contribution in [0.2, 0.25) is 5.02 Å². The number of hydrogen-bond acceptors (Lipinski definition) is 3. The number of carbonyl (C=O) groups is 1. The fourth-order valence-electron chi connectivity index (χ4n) is 3.40. The quantitative estimate of drug-likeness (QED) is 0.831. The number of rotatable bonds is 2. The van der Waals surface area contributed by atoms with Gasteiger partial charge in [-0.05, 0) is 30.5 Å². The molecular weight excluding hydrogens is 319 g/mol. The van der Waals surface area contributed by atoms with Gasteiger partial charge in [-0.15, -0.1) is 0 Å². The molecule has 0 spiro atoms. The summed E-state index contributed by atoms with van der Waals surface area (Å²) in [7, 11) is 0. The number of hydrogen-bond donors (Lipinski definition) is 0. The minimum Gasteiger partial charge on any atom is -0.370 e. The van der Waals surface area contributed by atoms with Crippen LogP contribution in [0.25, 0.3) is 0 Å². The van der Waals surface area contributed by atoms with E-state index in [4.69, 9.17) is 16.3 Å². The summed E-state index contributed by atoms with van der Waals surface area (Å²) in [5, 5.41) is 9.52. The third-order valence-corrected chi connectivity index (χ3v) is 5.04. The lowest BCUT2D eigenvalue weighted by Gasteiger charge is -2.36. The lowest BCUT2D eigenvalue weighted by atomic mass is 9.86. The Morgan fingerprint density at radius 2 is 2.17 bits per heavy atom. The highest BCUT2D eigenvalue weighted by atomic mass is 35.5. The largest absolute Gasteiger partial charge is 0.370 e. The molecule has 122 valence electrons. The molecule has 23 heavy (non-hydrogen) atoms. The van der Waals surface area contributed by atoms with Crippen molar-refractivity contribution in [1.29, 1.82) is 5.26 Å². The maximum Gasteiger partial charge on any atom is 0.243 e. The highest BCUT2D eigenvalue weighted by Gasteiger charge is 2.45. The van der Waals surface area contributed by atoms with Gasteiger partial charge in [-0.1, -0.05) is 30.5 Å². The molecule has 0 unspecified atom stereocenters. The van der Waals surface area contributed by atoms with E-state index < -0.39 is 11.2 Å². The molecule has 0 bridgehead atoms. The first-order valence-electron chi connectivity index (χ1n) is 7.83. The van der Waals surface area contributed by atoms with E-state index in [0.717, 1.165) is 18.4 Å². The summed E-state index contributed by atoms with van der Waals surface area (Å²) in [4.78, 5) is 14.5. The fraction of sp³-hybridized carbons (Fsp3) is 0.529. The van der Waals surface area contributed by atoms with E-state index in [1.54, 1.807) is 11.0 Å². The number of ether oxygens (including phenoxy) is 1. The number of carbonyl (C=O) groups excluding carboxylic acids is 1. The monoisotopic (exact) mass is 336 g/mol. The second kappa shape index (κ2) is 6.46. The zero-order valence-corrected chi connectivity index (χ0v) is 13.5. The molecule has 6 heteroatoms. The topological polar surface area (TPSA) is 53.3 Å². The van der Waals surface area contributed by atoms with Gasteiger partial charge in [0.15, 0.2) is 0 Å². The molecule has 0 radical (unpaired) electrons. The number of nitriles is 1. The second-order valence-corrected chi connectivity index (χ2v) is 6.59. The molecule has 0 N–H and O–H groups in total. The van der Waals surface area contributed by atoms with Crippen LogP contribution in [0.3, 0.4) is 0 Å². The van der Waals surface area contributed by atoms with Crippen molar-refractivity contribution < 1.29 is 13.9 Å². The molecule has 1 aliphatic heterocycles. The van der Waals surface area contributed by atoms with Crippen LogP contribution in [0, 0.1) is 22.6 Å². The Morgan fingerprint density at radius 3 is 2.83 bits per heavy atom. The first kappa shape index (κ1) is 16.2. The Hall–Kier alpha value is -1.64. The van der Waals surface area contributed by atoms with Crippen molar-refractivity contribution >= 4 is 17.5 Å². The first-order chi connectivity index (χ1) is 11.1. The number of amides is 1. The van der Waals surface area contributed by atoms with E-state index in [1.807, 2.05) is 0 Å². The van der Waals surface area contributed by atoms with Crippen LogP contribution in [0.4, 0.5) is 4.39 Å². The lowest BCUT2D eigenvalue weighted by Crippen LogP contribution is -2.48. The highest BCUT2D eigenvalue weighted by Crippen LogP contribution is 2.40. The summed E-state index contributed by atoms with van der Waals surface area (Å²) in [5.41, 5.74) is -0.131. The van der Waals surface area contributed by atoms with E-state index in [-0.39, 0.29) is 17.0 Å². The summed E-state index contributed by atoms with van der Waals surface area (Å²) < 4.78 is 19.0. The Bertz CT molecular complexity index is 652. The Balaban J connectivity index is 1.77. The van der Waals surface area contributed by atoms with Crippen molar-refractivity contribution in [1.82, 2.24) is 4.90 Å². The van der Waals surface area contributed by atoms with E-state index in [1.165, 1.54) is 12.1 Å². The molecule has 1 aromatic carbocycles. The summed E-state index contributed by atoms with van der Waals surface area (Å²) >= 11 is 5.83. The zero-order chi connectivity index (χ0) is 16.4. The Morgan fingerprint density at radius 1 is 1.43 bits per heavy atom. The highest BCUT2D eigenvalue weighted by molar-refractivity contribution is 6.30. The van der Waals surface area contributed by atoms with E-state index >= 15 is 0 Å². The van der Waals surface area contributed by atoms with Crippen LogP contribution < -0.4 is 0 Å². The first-order valence-corrected chi connectivity index (χ1v) is 8.21. The molecule has 0 aromatic heterocycles. The normalized spacial score (nSPS) is 23.5. The van der Waals surface area contributed by atoms with Crippen LogP contribution in [0.15, 0.2) is 18.2 Å². The second-order valence-electron chi connectivity index (χ2n) is 6.19. The molecule has 1 amide bonds. The maximum absolute atomic E-state index is 13.3. The van der Waals surface area contributed by atoms with E-state index in [2.05, 4.69) is 6.07 Å². The van der Waals surface area contributed by atoms with Crippen LogP contribution in [0.1, 0.15) is 37.4 Å². The zero-order valence-electron chi connectivity index (χ0n) is 12.7. The van der Waals surface area contributed by atoms with Gasteiger partial charge < -0.3 is 9.64 Å². The van der Waals surface area contributed by atoms with Crippen molar-refractivity contribution in [3.8, 4) is 6.07 Å². The molecule has 1 heterocycles. The summed E-state index contributed by atoms with van der Waals surface area (Å²) in [6, 6.07) is 6.70. The smallest absolute Gasteiger partial charge is 0.243 e. The predicted octanol–water partition coefficient (Wildman–Crippen LogP) is 3.46. The van der Waals surface area contributed by atoms with Crippen LogP contribution in [-0.2, 0) is 9.53 Å². The lowest BCUT2D eigenvalue weighted by molar-refractivity contribution is -0.146. The third-order valence-electron chi connectivity index (χ3n) is 4.75. The van der Waals surface area contributed by atoms with E-state index in [0.29, 0.717) is 32.5 Å². The van der Waals surface area contributed by atoms with Gasteiger partial charge in [0.2, 0.25) is 5.91 Å². The van der Waals surface area contributed by atoms with Gasteiger partial charge in [-0.2, -0.15) is 5.26 Å². The molecule has 1 saturated carbocycles. The maximum atomic E-state index is 13.3. The SMILES string of the molecule is N#CC1(C(=O)N2CCO[C@H](c3ccc(F)c(Cl)c3)C2)CCCC1. The summed E-state index contributed by atoms with van der Waals surface area (Å²) in [6.45, 7) is 1.24. The van der Waals surface area contributed by atoms with Crippen LogP contribution >= 0.6 is 11.6 Å². The molecule has 1 atom stereocenters. The fourth-order valence-corrected chi connectivity index (χ4v) is 3.59. The third kappa shape index (κ3) is 3.06. The summed E-state index contributed by atoms with van der Waals surface area (Å²) in [5.74, 6) is -0.576. The van der Waals surface area contributed by atoms with Crippen molar-refractivity contribution in [2.45, 2.75) is 31.8 Å². The van der Waals surface area contributed by atoms with Gasteiger partial charge in [0.25, 0.3) is 0 Å².